The Bertz CT molecular complexity index is 86.9. The first kappa shape index (κ1) is 7.17. The van der Waals surface area contributed by atoms with Crippen LogP contribution in [0.4, 0.5) is 0 Å². The Hall–Kier alpha value is 0.170. The van der Waals surface area contributed by atoms with Crippen molar-refractivity contribution in [1.29, 1.82) is 0 Å². The van der Waals surface area contributed by atoms with Gasteiger partial charge in [-0.15, -0.1) is 0 Å². The highest BCUT2D eigenvalue weighted by Crippen LogP contribution is 1.98. The Morgan fingerprint density at radius 2 is 2.29 bits per heavy atom. The van der Waals surface area contributed by atoms with Crippen LogP contribution in [-0.2, 0) is 0 Å². The molecule has 0 atom stereocenters. The topological polar surface area (TPSA) is 23.2 Å². The summed E-state index contributed by atoms with van der Waals surface area (Å²) in [5.41, 5.74) is 0. The minimum atomic E-state index is 0.597. The van der Waals surface area contributed by atoms with Crippen molar-refractivity contribution in [3.05, 3.63) is 0 Å². The molecular formula is C3H8NOS2+. The third-order valence-corrected chi connectivity index (χ3v) is 1.93. The number of thiol groups is 1. The molecule has 0 rings (SSSR count). The molecule has 0 aliphatic carbocycles. The Labute approximate surface area is 52.6 Å². The van der Waals surface area contributed by atoms with E-state index in [-0.39, 0.29) is 0 Å². The molecule has 0 bridgehead atoms. The van der Waals surface area contributed by atoms with E-state index in [1.807, 2.05) is 6.26 Å². The van der Waals surface area contributed by atoms with Crippen LogP contribution in [0.1, 0.15) is 0 Å². The average molecular weight is 138 g/mol. The van der Waals surface area contributed by atoms with Crippen LogP contribution in [0.5, 0.6) is 0 Å². The summed E-state index contributed by atoms with van der Waals surface area (Å²) in [5.74, 6) is 0. The van der Waals surface area contributed by atoms with Gasteiger partial charge in [0.2, 0.25) is 0 Å². The minimum Gasteiger partial charge on any atom is -0.289 e. The first-order chi connectivity index (χ1) is 3.18. The van der Waals surface area contributed by atoms with Gasteiger partial charge in [-0.2, -0.15) is 0 Å². The molecule has 4 heteroatoms. The SMILES string of the molecule is CSC(S)=[N+](C)O. The Kier molecular flexibility index (Phi) is 3.29. The predicted molar refractivity (Wildman–Crippen MR) is 35.5 cm³/mol. The van der Waals surface area contributed by atoms with Crippen LogP contribution < -0.4 is 0 Å². The van der Waals surface area contributed by atoms with Crippen LogP contribution in [0.15, 0.2) is 0 Å². The van der Waals surface area contributed by atoms with Crippen molar-refractivity contribution in [2.45, 2.75) is 0 Å². The van der Waals surface area contributed by atoms with Gasteiger partial charge in [0.05, 0.1) is 0 Å². The summed E-state index contributed by atoms with van der Waals surface area (Å²) in [6, 6.07) is 0. The van der Waals surface area contributed by atoms with Crippen molar-refractivity contribution in [2.75, 3.05) is 13.3 Å². The summed E-state index contributed by atoms with van der Waals surface area (Å²) >= 11 is 5.27. The molecule has 0 fully saturated rings. The van der Waals surface area contributed by atoms with Gasteiger partial charge >= 0.3 is 4.38 Å². The number of hydrogen-bond acceptors (Lipinski definition) is 2. The Morgan fingerprint density at radius 1 is 1.86 bits per heavy atom. The zero-order chi connectivity index (χ0) is 5.86. The van der Waals surface area contributed by atoms with Crippen molar-refractivity contribution in [1.82, 2.24) is 0 Å². The van der Waals surface area contributed by atoms with Crippen molar-refractivity contribution in [2.24, 2.45) is 0 Å². The van der Waals surface area contributed by atoms with Gasteiger partial charge in [0.1, 0.15) is 0 Å². The molecule has 0 amide bonds. The summed E-state index contributed by atoms with van der Waals surface area (Å²) in [5, 5.41) is 8.52. The lowest BCUT2D eigenvalue weighted by atomic mass is 11.4. The second-order valence-electron chi connectivity index (χ2n) is 1.01. The lowest BCUT2D eigenvalue weighted by molar-refractivity contribution is -0.750. The summed E-state index contributed by atoms with van der Waals surface area (Å²) in [4.78, 5) is 0. The molecule has 42 valence electrons. The number of nitrogens with zero attached hydrogens (tertiary/aromatic N) is 1. The van der Waals surface area contributed by atoms with E-state index in [1.54, 1.807) is 0 Å². The van der Waals surface area contributed by atoms with Crippen molar-refractivity contribution < 1.29 is 9.95 Å². The summed E-state index contributed by atoms with van der Waals surface area (Å²) in [6.07, 6.45) is 1.84. The molecule has 0 aromatic carbocycles. The maximum Gasteiger partial charge on any atom is 0.315 e. The molecule has 0 saturated heterocycles. The van der Waals surface area contributed by atoms with Gasteiger partial charge < -0.3 is 0 Å². The molecule has 0 heterocycles. The quantitative estimate of drug-likeness (QED) is 0.128. The third-order valence-electron chi connectivity index (χ3n) is 0.459. The van der Waals surface area contributed by atoms with Crippen LogP contribution in [0.25, 0.3) is 0 Å². The zero-order valence-corrected chi connectivity index (χ0v) is 5.96. The first-order valence-electron chi connectivity index (χ1n) is 1.71. The first-order valence-corrected chi connectivity index (χ1v) is 3.38. The van der Waals surface area contributed by atoms with E-state index in [1.165, 1.54) is 18.8 Å². The smallest absolute Gasteiger partial charge is 0.289 e. The van der Waals surface area contributed by atoms with Crippen LogP contribution in [0.2, 0.25) is 0 Å². The normalized spacial score (nSPS) is 13.6. The molecule has 0 radical (unpaired) electrons. The maximum atomic E-state index is 8.52. The van der Waals surface area contributed by atoms with Crippen LogP contribution in [0.3, 0.4) is 0 Å². The van der Waals surface area contributed by atoms with E-state index in [9.17, 15) is 0 Å². The number of hydroxylamine groups is 1. The third kappa shape index (κ3) is 2.82. The second kappa shape index (κ2) is 3.21. The van der Waals surface area contributed by atoms with E-state index in [2.05, 4.69) is 12.6 Å². The molecule has 0 saturated carbocycles. The van der Waals surface area contributed by atoms with E-state index in [0.29, 0.717) is 4.38 Å². The van der Waals surface area contributed by atoms with Gasteiger partial charge in [-0.1, -0.05) is 12.6 Å². The van der Waals surface area contributed by atoms with E-state index in [4.69, 9.17) is 5.21 Å². The highest BCUT2D eigenvalue weighted by atomic mass is 32.2. The zero-order valence-electron chi connectivity index (χ0n) is 4.25. The van der Waals surface area contributed by atoms with Crippen molar-refractivity contribution in [3.8, 4) is 0 Å². The van der Waals surface area contributed by atoms with Crippen LogP contribution >= 0.6 is 24.4 Å². The number of thioether (sulfide) groups is 1. The van der Waals surface area contributed by atoms with Gasteiger partial charge in [-0.3, -0.25) is 5.21 Å². The van der Waals surface area contributed by atoms with E-state index < -0.39 is 0 Å². The maximum absolute atomic E-state index is 8.52. The monoisotopic (exact) mass is 138 g/mol. The average Bonchev–Trinajstić information content (AvgIpc) is 1.65. The molecule has 0 unspecified atom stereocenters. The minimum absolute atomic E-state index is 0.597. The lowest BCUT2D eigenvalue weighted by Gasteiger charge is -1.82. The molecule has 1 N–H and O–H groups in total. The Balaban J connectivity index is 3.72. The van der Waals surface area contributed by atoms with Gasteiger partial charge in [0.25, 0.3) is 0 Å². The summed E-state index contributed by atoms with van der Waals surface area (Å²) < 4.78 is 1.56. The highest BCUT2D eigenvalue weighted by Gasteiger charge is 1.98. The predicted octanol–water partition coefficient (Wildman–Crippen LogP) is 0.667. The Morgan fingerprint density at radius 3 is 2.29 bits per heavy atom. The molecular weight excluding hydrogens is 130 g/mol. The van der Waals surface area contributed by atoms with Gasteiger partial charge in [-0.25, -0.2) is 0 Å². The molecule has 0 spiro atoms. The summed E-state index contributed by atoms with van der Waals surface area (Å²) in [6.45, 7) is 0. The molecule has 0 aromatic rings. The van der Waals surface area contributed by atoms with Gasteiger partial charge in [-0.05, 0) is 22.8 Å². The van der Waals surface area contributed by atoms with Crippen molar-refractivity contribution in [3.63, 3.8) is 0 Å². The lowest BCUT2D eigenvalue weighted by Crippen LogP contribution is -2.02. The van der Waals surface area contributed by atoms with Crippen LogP contribution in [0, 0.1) is 0 Å². The number of hydrogen-bond donors (Lipinski definition) is 2. The largest absolute Gasteiger partial charge is 0.315 e. The fraction of sp³-hybridized carbons (Fsp3) is 0.667. The number of rotatable bonds is 0. The second-order valence-corrected chi connectivity index (χ2v) is 2.53. The molecule has 7 heavy (non-hydrogen) atoms. The standard InChI is InChI=1S/C3H7NOS2/c1-4(5)3(6)7-2/h5H,1-2H3/p+1. The highest BCUT2D eigenvalue weighted by molar-refractivity contribution is 8.31. The summed E-state index contributed by atoms with van der Waals surface area (Å²) in [7, 11) is 1.53. The van der Waals surface area contributed by atoms with Gasteiger partial charge in [0, 0.05) is 0 Å². The molecule has 0 aliphatic heterocycles. The van der Waals surface area contributed by atoms with Crippen LogP contribution in [-0.4, -0.2) is 27.6 Å². The van der Waals surface area contributed by atoms with E-state index >= 15 is 0 Å². The van der Waals surface area contributed by atoms with Crippen molar-refractivity contribution >= 4 is 28.8 Å². The van der Waals surface area contributed by atoms with E-state index in [0.717, 1.165) is 4.74 Å². The molecule has 0 aliphatic rings. The molecule has 2 nitrogen and oxygen atoms in total. The van der Waals surface area contributed by atoms with Gasteiger partial charge in [0.15, 0.2) is 7.05 Å². The fourth-order valence-electron chi connectivity index (χ4n) is 0.132. The molecule has 0 aromatic heterocycles. The fourth-order valence-corrected chi connectivity index (χ4v) is 0.396.